The smallest absolute Gasteiger partial charge is 0.410 e. The first-order chi connectivity index (χ1) is 7.83. The lowest BCUT2D eigenvalue weighted by Crippen LogP contribution is -2.40. The maximum absolute atomic E-state index is 11.8. The number of carbonyl (C=O) groups excluding carboxylic acids is 1. The number of hydrogen-bond acceptors (Lipinski definition) is 4. The Hall–Kier alpha value is -1.28. The second-order valence-electron chi connectivity index (χ2n) is 5.37. The molecular weight excluding hydrogens is 220 g/mol. The summed E-state index contributed by atoms with van der Waals surface area (Å²) in [7, 11) is 0. The summed E-state index contributed by atoms with van der Waals surface area (Å²) in [6.07, 6.45) is 0.190. The molecule has 1 amide bonds. The van der Waals surface area contributed by atoms with Crippen molar-refractivity contribution in [3.05, 3.63) is 0 Å². The van der Waals surface area contributed by atoms with E-state index in [-0.39, 0.29) is 6.54 Å². The molecule has 1 aliphatic heterocycles. The van der Waals surface area contributed by atoms with Gasteiger partial charge in [0.05, 0.1) is 18.1 Å². The van der Waals surface area contributed by atoms with Crippen molar-refractivity contribution in [3.63, 3.8) is 0 Å². The summed E-state index contributed by atoms with van der Waals surface area (Å²) in [5.41, 5.74) is -0.538. The van der Waals surface area contributed by atoms with Gasteiger partial charge >= 0.3 is 6.09 Å². The highest BCUT2D eigenvalue weighted by atomic mass is 16.6. The van der Waals surface area contributed by atoms with Crippen LogP contribution in [0.25, 0.3) is 0 Å². The van der Waals surface area contributed by atoms with Gasteiger partial charge in [-0.1, -0.05) is 0 Å². The van der Waals surface area contributed by atoms with Gasteiger partial charge in [0.2, 0.25) is 0 Å². The third-order valence-electron chi connectivity index (χ3n) is 2.63. The number of nitriles is 1. The molecule has 1 rings (SSSR count). The molecule has 0 saturated carbocycles. The van der Waals surface area contributed by atoms with Gasteiger partial charge in [-0.3, -0.25) is 0 Å². The highest BCUT2D eigenvalue weighted by Gasteiger charge is 2.30. The Morgan fingerprint density at radius 2 is 2.18 bits per heavy atom. The molecule has 1 heterocycles. The van der Waals surface area contributed by atoms with Crippen LogP contribution in [0.1, 0.15) is 33.6 Å². The Morgan fingerprint density at radius 3 is 2.71 bits per heavy atom. The Kier molecular flexibility index (Phi) is 4.35. The number of nitrogens with zero attached hydrogens (tertiary/aromatic N) is 2. The molecule has 0 aromatic heterocycles. The standard InChI is InChI=1S/C12H20N2O3/c1-12(2,3)17-11(16)14-6-4-5-10(15)9(7-13)8-14/h9-10,15H,4-6,8H2,1-3H3. The first-order valence-electron chi connectivity index (χ1n) is 5.89. The van der Waals surface area contributed by atoms with E-state index in [0.29, 0.717) is 19.4 Å². The van der Waals surface area contributed by atoms with Crippen LogP contribution in [-0.4, -0.2) is 40.9 Å². The number of aliphatic hydroxyl groups is 1. The molecule has 5 heteroatoms. The van der Waals surface area contributed by atoms with Crippen molar-refractivity contribution < 1.29 is 14.6 Å². The lowest BCUT2D eigenvalue weighted by atomic mass is 10.0. The average molecular weight is 240 g/mol. The zero-order valence-electron chi connectivity index (χ0n) is 10.6. The van der Waals surface area contributed by atoms with Gasteiger partial charge in [0, 0.05) is 13.1 Å². The van der Waals surface area contributed by atoms with E-state index in [4.69, 9.17) is 10.00 Å². The molecule has 0 aliphatic carbocycles. The molecule has 1 fully saturated rings. The predicted octanol–water partition coefficient (Wildman–Crippen LogP) is 1.52. The second kappa shape index (κ2) is 5.37. The van der Waals surface area contributed by atoms with Crippen LogP contribution in [-0.2, 0) is 4.74 Å². The van der Waals surface area contributed by atoms with Gasteiger partial charge in [-0.05, 0) is 33.6 Å². The molecule has 0 bridgehead atoms. The van der Waals surface area contributed by atoms with Gasteiger partial charge in [0.25, 0.3) is 0 Å². The highest BCUT2D eigenvalue weighted by Crippen LogP contribution is 2.19. The van der Waals surface area contributed by atoms with E-state index in [1.807, 2.05) is 6.07 Å². The fourth-order valence-corrected chi connectivity index (χ4v) is 1.76. The largest absolute Gasteiger partial charge is 0.444 e. The number of amides is 1. The molecule has 0 radical (unpaired) electrons. The van der Waals surface area contributed by atoms with Gasteiger partial charge in [-0.2, -0.15) is 5.26 Å². The normalized spacial score (nSPS) is 25.9. The van der Waals surface area contributed by atoms with Crippen LogP contribution in [0, 0.1) is 17.2 Å². The van der Waals surface area contributed by atoms with Crippen molar-refractivity contribution >= 4 is 6.09 Å². The molecule has 2 atom stereocenters. The fraction of sp³-hybridized carbons (Fsp3) is 0.833. The van der Waals surface area contributed by atoms with E-state index in [0.717, 1.165) is 0 Å². The average Bonchev–Trinajstić information content (AvgIpc) is 2.37. The summed E-state index contributed by atoms with van der Waals surface area (Å²) >= 11 is 0. The van der Waals surface area contributed by atoms with Crippen LogP contribution in [0.5, 0.6) is 0 Å². The van der Waals surface area contributed by atoms with Crippen molar-refractivity contribution in [2.45, 2.75) is 45.3 Å². The minimum atomic E-state index is -0.646. The van der Waals surface area contributed by atoms with Crippen LogP contribution < -0.4 is 0 Å². The maximum Gasteiger partial charge on any atom is 0.410 e. The summed E-state index contributed by atoms with van der Waals surface area (Å²) in [6.45, 7) is 6.19. The van der Waals surface area contributed by atoms with Gasteiger partial charge in [-0.25, -0.2) is 4.79 Å². The van der Waals surface area contributed by atoms with Gasteiger partial charge in [0.15, 0.2) is 0 Å². The van der Waals surface area contributed by atoms with Crippen LogP contribution >= 0.6 is 0 Å². The van der Waals surface area contributed by atoms with Gasteiger partial charge in [-0.15, -0.1) is 0 Å². The number of aliphatic hydroxyl groups excluding tert-OH is 1. The molecule has 0 spiro atoms. The number of hydrogen-bond donors (Lipinski definition) is 1. The Labute approximate surface area is 102 Å². The molecule has 2 unspecified atom stereocenters. The molecule has 96 valence electrons. The zero-order valence-corrected chi connectivity index (χ0v) is 10.6. The van der Waals surface area contributed by atoms with E-state index in [2.05, 4.69) is 0 Å². The summed E-state index contributed by atoms with van der Waals surface area (Å²) in [6, 6.07) is 2.04. The molecule has 5 nitrogen and oxygen atoms in total. The quantitative estimate of drug-likeness (QED) is 0.696. The lowest BCUT2D eigenvalue weighted by molar-refractivity contribution is 0.0228. The highest BCUT2D eigenvalue weighted by molar-refractivity contribution is 5.68. The monoisotopic (exact) mass is 240 g/mol. The maximum atomic E-state index is 11.8. The molecule has 0 aromatic carbocycles. The summed E-state index contributed by atoms with van der Waals surface area (Å²) in [5.74, 6) is -0.523. The van der Waals surface area contributed by atoms with Crippen LogP contribution in [0.2, 0.25) is 0 Å². The Morgan fingerprint density at radius 1 is 1.53 bits per heavy atom. The molecule has 1 saturated heterocycles. The third kappa shape index (κ3) is 4.23. The summed E-state index contributed by atoms with van der Waals surface area (Å²) in [4.78, 5) is 13.4. The van der Waals surface area contributed by atoms with E-state index in [1.54, 1.807) is 20.8 Å². The minimum absolute atomic E-state index is 0.243. The van der Waals surface area contributed by atoms with E-state index in [1.165, 1.54) is 4.90 Å². The number of carbonyl (C=O) groups is 1. The van der Waals surface area contributed by atoms with E-state index >= 15 is 0 Å². The number of likely N-dealkylation sites (tertiary alicyclic amines) is 1. The van der Waals surface area contributed by atoms with Crippen LogP contribution in [0.15, 0.2) is 0 Å². The van der Waals surface area contributed by atoms with Gasteiger partial charge < -0.3 is 14.7 Å². The van der Waals surface area contributed by atoms with Crippen molar-refractivity contribution in [2.75, 3.05) is 13.1 Å². The minimum Gasteiger partial charge on any atom is -0.444 e. The van der Waals surface area contributed by atoms with E-state index in [9.17, 15) is 9.90 Å². The van der Waals surface area contributed by atoms with Crippen LogP contribution in [0.4, 0.5) is 4.79 Å². The first kappa shape index (κ1) is 13.8. The fourth-order valence-electron chi connectivity index (χ4n) is 1.76. The third-order valence-corrected chi connectivity index (χ3v) is 2.63. The SMILES string of the molecule is CC(C)(C)OC(=O)N1CCCC(O)C(C#N)C1. The van der Waals surface area contributed by atoms with Crippen LogP contribution in [0.3, 0.4) is 0 Å². The Balaban J connectivity index is 2.65. The first-order valence-corrected chi connectivity index (χ1v) is 5.89. The van der Waals surface area contributed by atoms with Crippen molar-refractivity contribution in [1.29, 1.82) is 5.26 Å². The predicted molar refractivity (Wildman–Crippen MR) is 62.2 cm³/mol. The van der Waals surface area contributed by atoms with E-state index < -0.39 is 23.7 Å². The summed E-state index contributed by atoms with van der Waals surface area (Å²) < 4.78 is 5.26. The van der Waals surface area contributed by atoms with Crippen molar-refractivity contribution in [3.8, 4) is 6.07 Å². The molecule has 0 aromatic rings. The molecule has 17 heavy (non-hydrogen) atoms. The molecule has 1 aliphatic rings. The lowest BCUT2D eigenvalue weighted by Gasteiger charge is -2.27. The Bertz CT molecular complexity index is 317. The molecular formula is C12H20N2O3. The molecule has 1 N–H and O–H groups in total. The van der Waals surface area contributed by atoms with Gasteiger partial charge in [0.1, 0.15) is 5.60 Å². The second-order valence-corrected chi connectivity index (χ2v) is 5.37. The number of rotatable bonds is 0. The topological polar surface area (TPSA) is 73.6 Å². The zero-order chi connectivity index (χ0) is 13.1. The van der Waals surface area contributed by atoms with Crippen molar-refractivity contribution in [2.24, 2.45) is 5.92 Å². The summed E-state index contributed by atoms with van der Waals surface area (Å²) in [5, 5.41) is 18.6. The number of ether oxygens (including phenoxy) is 1. The van der Waals surface area contributed by atoms with Crippen molar-refractivity contribution in [1.82, 2.24) is 4.90 Å².